The van der Waals surface area contributed by atoms with E-state index in [0.717, 1.165) is 22.5 Å². The lowest BCUT2D eigenvalue weighted by atomic mass is 10.1. The number of nitrogens with one attached hydrogen (secondary N) is 2. The first-order valence-electron chi connectivity index (χ1n) is 8.91. The second-order valence-electron chi connectivity index (χ2n) is 7.07. The molecular weight excluding hydrogens is 364 g/mol. The molecule has 0 aliphatic heterocycles. The Morgan fingerprint density at radius 2 is 1.74 bits per heavy atom. The molecule has 7 nitrogen and oxygen atoms in total. The molecule has 0 aliphatic rings. The summed E-state index contributed by atoms with van der Waals surface area (Å²) in [5.41, 5.74) is 4.43. The molecule has 1 aromatic carbocycles. The van der Waals surface area contributed by atoms with Crippen LogP contribution >= 0.6 is 0 Å². The SMILES string of the molecule is Cc1nn(C)c(C)c1CC(=O)NCc1ccc(CS(=O)(=O)NC(C)C)cc1. The maximum Gasteiger partial charge on any atom is 0.224 e. The summed E-state index contributed by atoms with van der Waals surface area (Å²) in [7, 11) is -1.48. The van der Waals surface area contributed by atoms with Crippen LogP contribution in [-0.4, -0.2) is 30.1 Å². The van der Waals surface area contributed by atoms with Gasteiger partial charge in [-0.1, -0.05) is 24.3 Å². The Labute approximate surface area is 161 Å². The predicted octanol–water partition coefficient (Wildman–Crippen LogP) is 1.72. The molecule has 1 amide bonds. The Bertz CT molecular complexity index is 900. The molecule has 0 saturated heterocycles. The lowest BCUT2D eigenvalue weighted by Gasteiger charge is -2.10. The predicted molar refractivity (Wildman–Crippen MR) is 106 cm³/mol. The quantitative estimate of drug-likeness (QED) is 0.715. The maximum atomic E-state index is 12.2. The van der Waals surface area contributed by atoms with E-state index in [2.05, 4.69) is 15.1 Å². The summed E-state index contributed by atoms with van der Waals surface area (Å²) in [6.45, 7) is 7.82. The molecule has 2 N–H and O–H groups in total. The molecule has 0 spiro atoms. The van der Waals surface area contributed by atoms with E-state index in [4.69, 9.17) is 0 Å². The van der Waals surface area contributed by atoms with Crippen LogP contribution in [0.4, 0.5) is 0 Å². The van der Waals surface area contributed by atoms with Crippen molar-refractivity contribution in [3.63, 3.8) is 0 Å². The molecule has 0 saturated carbocycles. The van der Waals surface area contributed by atoms with Gasteiger partial charge in [-0.3, -0.25) is 9.48 Å². The van der Waals surface area contributed by atoms with Gasteiger partial charge in [-0.15, -0.1) is 0 Å². The van der Waals surface area contributed by atoms with Crippen LogP contribution < -0.4 is 10.0 Å². The van der Waals surface area contributed by atoms with Gasteiger partial charge in [-0.05, 0) is 38.8 Å². The van der Waals surface area contributed by atoms with Crippen LogP contribution in [0.15, 0.2) is 24.3 Å². The highest BCUT2D eigenvalue weighted by Crippen LogP contribution is 2.13. The van der Waals surface area contributed by atoms with Crippen LogP contribution in [0.1, 0.15) is 41.9 Å². The van der Waals surface area contributed by atoms with E-state index in [9.17, 15) is 13.2 Å². The zero-order valence-corrected chi connectivity index (χ0v) is 17.4. The summed E-state index contributed by atoms with van der Waals surface area (Å²) in [6, 6.07) is 7.09. The largest absolute Gasteiger partial charge is 0.352 e. The molecule has 0 atom stereocenters. The van der Waals surface area contributed by atoms with Gasteiger partial charge in [0.05, 0.1) is 17.9 Å². The molecular formula is C19H28N4O3S. The number of hydrogen-bond donors (Lipinski definition) is 2. The number of aryl methyl sites for hydroxylation is 2. The second kappa shape index (κ2) is 8.67. The molecule has 0 bridgehead atoms. The second-order valence-corrected chi connectivity index (χ2v) is 8.83. The minimum Gasteiger partial charge on any atom is -0.352 e. The van der Waals surface area contributed by atoms with Gasteiger partial charge in [-0.25, -0.2) is 13.1 Å². The van der Waals surface area contributed by atoms with Crippen molar-refractivity contribution in [3.8, 4) is 0 Å². The molecule has 148 valence electrons. The Morgan fingerprint density at radius 1 is 1.15 bits per heavy atom. The molecule has 27 heavy (non-hydrogen) atoms. The molecule has 0 aliphatic carbocycles. The first-order chi connectivity index (χ1) is 12.6. The van der Waals surface area contributed by atoms with E-state index in [0.29, 0.717) is 18.5 Å². The van der Waals surface area contributed by atoms with Crippen LogP contribution in [0.5, 0.6) is 0 Å². The summed E-state index contributed by atoms with van der Waals surface area (Å²) in [4.78, 5) is 12.2. The van der Waals surface area contributed by atoms with Gasteiger partial charge < -0.3 is 5.32 Å². The van der Waals surface area contributed by atoms with Crippen LogP contribution in [-0.2, 0) is 40.6 Å². The monoisotopic (exact) mass is 392 g/mol. The van der Waals surface area contributed by atoms with Crippen molar-refractivity contribution in [1.29, 1.82) is 0 Å². The molecule has 8 heteroatoms. The average Bonchev–Trinajstić information content (AvgIpc) is 2.79. The minimum atomic E-state index is -3.34. The van der Waals surface area contributed by atoms with Gasteiger partial charge in [0, 0.05) is 30.9 Å². The van der Waals surface area contributed by atoms with E-state index in [-0.39, 0.29) is 17.7 Å². The summed E-state index contributed by atoms with van der Waals surface area (Å²) < 4.78 is 28.3. The Kier molecular flexibility index (Phi) is 6.78. The molecule has 0 unspecified atom stereocenters. The van der Waals surface area contributed by atoms with E-state index in [1.807, 2.05) is 33.0 Å². The van der Waals surface area contributed by atoms with Crippen LogP contribution in [0, 0.1) is 13.8 Å². The fraction of sp³-hybridized carbons (Fsp3) is 0.474. The summed E-state index contributed by atoms with van der Waals surface area (Å²) in [6.07, 6.45) is 0.294. The Hall–Kier alpha value is -2.19. The van der Waals surface area contributed by atoms with Gasteiger partial charge in [0.15, 0.2) is 0 Å². The Balaban J connectivity index is 1.90. The molecule has 0 fully saturated rings. The fourth-order valence-corrected chi connectivity index (χ4v) is 4.30. The van der Waals surface area contributed by atoms with Crippen LogP contribution in [0.25, 0.3) is 0 Å². The van der Waals surface area contributed by atoms with E-state index in [1.54, 1.807) is 30.7 Å². The van der Waals surface area contributed by atoms with Crippen molar-refractivity contribution in [2.45, 2.75) is 52.5 Å². The zero-order valence-electron chi connectivity index (χ0n) is 16.5. The van der Waals surface area contributed by atoms with Gasteiger partial charge in [-0.2, -0.15) is 5.10 Å². The van der Waals surface area contributed by atoms with Crippen molar-refractivity contribution in [1.82, 2.24) is 19.8 Å². The number of rotatable bonds is 8. The molecule has 0 radical (unpaired) electrons. The van der Waals surface area contributed by atoms with Gasteiger partial charge >= 0.3 is 0 Å². The van der Waals surface area contributed by atoms with E-state index < -0.39 is 10.0 Å². The third kappa shape index (κ3) is 6.18. The first kappa shape index (κ1) is 21.1. The van der Waals surface area contributed by atoms with Crippen molar-refractivity contribution in [3.05, 3.63) is 52.3 Å². The third-order valence-electron chi connectivity index (χ3n) is 4.28. The van der Waals surface area contributed by atoms with Crippen molar-refractivity contribution >= 4 is 15.9 Å². The number of carbonyl (C=O) groups excluding carboxylic acids is 1. The van der Waals surface area contributed by atoms with Gasteiger partial charge in [0.2, 0.25) is 15.9 Å². The number of amides is 1. The van der Waals surface area contributed by atoms with Crippen molar-refractivity contribution in [2.75, 3.05) is 0 Å². The third-order valence-corrected chi connectivity index (χ3v) is 5.82. The van der Waals surface area contributed by atoms with Crippen LogP contribution in [0.3, 0.4) is 0 Å². The number of benzene rings is 1. The average molecular weight is 393 g/mol. The summed E-state index contributed by atoms with van der Waals surface area (Å²) in [5, 5.41) is 7.22. The van der Waals surface area contributed by atoms with Crippen LogP contribution in [0.2, 0.25) is 0 Å². The lowest BCUT2D eigenvalue weighted by molar-refractivity contribution is -0.120. The highest BCUT2D eigenvalue weighted by atomic mass is 32.2. The minimum absolute atomic E-state index is 0.0582. The van der Waals surface area contributed by atoms with Crippen molar-refractivity contribution < 1.29 is 13.2 Å². The number of sulfonamides is 1. The fourth-order valence-electron chi connectivity index (χ4n) is 2.87. The number of hydrogen-bond acceptors (Lipinski definition) is 4. The normalized spacial score (nSPS) is 11.8. The zero-order chi connectivity index (χ0) is 20.2. The lowest BCUT2D eigenvalue weighted by Crippen LogP contribution is -2.31. The smallest absolute Gasteiger partial charge is 0.224 e. The van der Waals surface area contributed by atoms with Gasteiger partial charge in [0.25, 0.3) is 0 Å². The summed E-state index contributed by atoms with van der Waals surface area (Å²) in [5.74, 6) is -0.126. The molecule has 1 heterocycles. The molecule has 2 rings (SSSR count). The summed E-state index contributed by atoms with van der Waals surface area (Å²) >= 11 is 0. The van der Waals surface area contributed by atoms with E-state index >= 15 is 0 Å². The maximum absolute atomic E-state index is 12.2. The highest BCUT2D eigenvalue weighted by Gasteiger charge is 2.14. The molecule has 2 aromatic rings. The number of nitrogens with zero attached hydrogens (tertiary/aromatic N) is 2. The topological polar surface area (TPSA) is 93.1 Å². The van der Waals surface area contributed by atoms with E-state index in [1.165, 1.54) is 0 Å². The Morgan fingerprint density at radius 3 is 2.26 bits per heavy atom. The highest BCUT2D eigenvalue weighted by molar-refractivity contribution is 7.88. The molecule has 1 aromatic heterocycles. The van der Waals surface area contributed by atoms with Crippen molar-refractivity contribution in [2.24, 2.45) is 7.05 Å². The van der Waals surface area contributed by atoms with Gasteiger partial charge in [0.1, 0.15) is 0 Å². The number of aromatic nitrogens is 2. The standard InChI is InChI=1S/C19H28N4O3S/c1-13(2)22-27(25,26)12-17-8-6-16(7-9-17)11-20-19(24)10-18-14(3)21-23(5)15(18)4/h6-9,13,22H,10-12H2,1-5H3,(H,20,24). The first-order valence-corrected chi connectivity index (χ1v) is 10.6. The number of carbonyl (C=O) groups is 1.